The molecule has 0 N–H and O–H groups in total. The molecule has 0 radical (unpaired) electrons. The summed E-state index contributed by atoms with van der Waals surface area (Å²) in [6, 6.07) is 11.8. The van der Waals surface area contributed by atoms with Crippen molar-refractivity contribution in [2.75, 3.05) is 0 Å². The zero-order valence-electron chi connectivity index (χ0n) is 14.2. The Morgan fingerprint density at radius 2 is 1.92 bits per heavy atom. The lowest BCUT2D eigenvalue weighted by Gasteiger charge is -2.19. The maximum absolute atomic E-state index is 13.0. The minimum Gasteiger partial charge on any atom is -0.546 e. The Hall–Kier alpha value is -2.79. The van der Waals surface area contributed by atoms with Crippen LogP contribution in [-0.2, 0) is 4.79 Å². The highest BCUT2D eigenvalue weighted by Gasteiger charge is 2.21. The van der Waals surface area contributed by atoms with Crippen LogP contribution in [0.5, 0.6) is 5.75 Å². The molecule has 6 heteroatoms. The number of rotatable bonds is 5. The lowest BCUT2D eigenvalue weighted by molar-refractivity contribution is -0.313. The molecule has 0 spiro atoms. The standard InChI is InChI=1S/C20H17ClO5/c1-3-15(20(23)24)25-19-17(22)14-9-4-11(2)10-16(14)26-18(19)12-5-7-13(21)8-6-12/h4-10,15H,3H2,1-2H3,(H,23,24)/p-1. The summed E-state index contributed by atoms with van der Waals surface area (Å²) in [7, 11) is 0. The fraction of sp³-hybridized carbons (Fsp3) is 0.200. The van der Waals surface area contributed by atoms with Crippen molar-refractivity contribution >= 4 is 28.5 Å². The van der Waals surface area contributed by atoms with Gasteiger partial charge in [-0.15, -0.1) is 0 Å². The van der Waals surface area contributed by atoms with E-state index < -0.39 is 17.5 Å². The van der Waals surface area contributed by atoms with Crippen LogP contribution in [0.25, 0.3) is 22.3 Å². The van der Waals surface area contributed by atoms with E-state index in [1.807, 2.05) is 6.92 Å². The Morgan fingerprint density at radius 1 is 1.23 bits per heavy atom. The molecule has 1 aromatic heterocycles. The van der Waals surface area contributed by atoms with E-state index in [-0.39, 0.29) is 17.9 Å². The van der Waals surface area contributed by atoms with Crippen LogP contribution in [-0.4, -0.2) is 12.1 Å². The smallest absolute Gasteiger partial charge is 0.235 e. The number of halogens is 1. The molecule has 3 rings (SSSR count). The summed E-state index contributed by atoms with van der Waals surface area (Å²) >= 11 is 5.92. The largest absolute Gasteiger partial charge is 0.546 e. The highest BCUT2D eigenvalue weighted by atomic mass is 35.5. The molecule has 0 bridgehead atoms. The van der Waals surface area contributed by atoms with Crippen molar-refractivity contribution in [1.82, 2.24) is 0 Å². The van der Waals surface area contributed by atoms with Crippen LogP contribution in [0, 0.1) is 6.92 Å². The van der Waals surface area contributed by atoms with E-state index >= 15 is 0 Å². The van der Waals surface area contributed by atoms with Gasteiger partial charge in [-0.2, -0.15) is 0 Å². The first-order valence-electron chi connectivity index (χ1n) is 8.11. The molecule has 0 amide bonds. The van der Waals surface area contributed by atoms with E-state index in [9.17, 15) is 14.7 Å². The number of carbonyl (C=O) groups is 1. The topological polar surface area (TPSA) is 79.6 Å². The molecule has 0 saturated carbocycles. The molecular weight excluding hydrogens is 356 g/mol. The maximum atomic E-state index is 13.0. The van der Waals surface area contributed by atoms with E-state index in [0.717, 1.165) is 5.56 Å². The number of carboxylic acid groups (broad SMARTS) is 1. The lowest BCUT2D eigenvalue weighted by atomic mass is 10.1. The highest BCUT2D eigenvalue weighted by Crippen LogP contribution is 2.32. The van der Waals surface area contributed by atoms with Crippen molar-refractivity contribution in [3.8, 4) is 17.1 Å². The predicted molar refractivity (Wildman–Crippen MR) is 97.4 cm³/mol. The SMILES string of the molecule is CCC(Oc1c(-c2ccc(Cl)cc2)oc2cc(C)ccc2c1=O)C(=O)[O-]. The third-order valence-electron chi connectivity index (χ3n) is 4.01. The second-order valence-electron chi connectivity index (χ2n) is 5.93. The fourth-order valence-electron chi connectivity index (χ4n) is 2.62. The molecule has 5 nitrogen and oxygen atoms in total. The molecule has 0 aliphatic carbocycles. The molecule has 1 atom stereocenters. The van der Waals surface area contributed by atoms with Crippen LogP contribution in [0.3, 0.4) is 0 Å². The molecule has 1 unspecified atom stereocenters. The summed E-state index contributed by atoms with van der Waals surface area (Å²) in [4.78, 5) is 24.2. The molecule has 0 aliphatic heterocycles. The molecule has 0 aliphatic rings. The van der Waals surface area contributed by atoms with Gasteiger partial charge in [0.2, 0.25) is 11.2 Å². The number of aryl methyl sites for hydroxylation is 1. The number of hydrogen-bond acceptors (Lipinski definition) is 5. The summed E-state index contributed by atoms with van der Waals surface area (Å²) in [5, 5.41) is 12.1. The van der Waals surface area contributed by atoms with E-state index in [2.05, 4.69) is 0 Å². The van der Waals surface area contributed by atoms with Gasteiger partial charge in [-0.05, 0) is 55.3 Å². The van der Waals surface area contributed by atoms with Crippen molar-refractivity contribution in [2.24, 2.45) is 0 Å². The monoisotopic (exact) mass is 371 g/mol. The molecule has 26 heavy (non-hydrogen) atoms. The van der Waals surface area contributed by atoms with Gasteiger partial charge in [0.25, 0.3) is 0 Å². The second-order valence-corrected chi connectivity index (χ2v) is 6.37. The van der Waals surface area contributed by atoms with Crippen molar-refractivity contribution in [1.29, 1.82) is 0 Å². The summed E-state index contributed by atoms with van der Waals surface area (Å²) in [5.41, 5.74) is 1.44. The Balaban J connectivity index is 2.28. The Kier molecular flexibility index (Phi) is 5.00. The first-order valence-corrected chi connectivity index (χ1v) is 8.49. The van der Waals surface area contributed by atoms with E-state index in [1.54, 1.807) is 49.4 Å². The highest BCUT2D eigenvalue weighted by molar-refractivity contribution is 6.30. The van der Waals surface area contributed by atoms with Gasteiger partial charge in [0, 0.05) is 10.6 Å². The minimum atomic E-state index is -1.39. The van der Waals surface area contributed by atoms with Gasteiger partial charge in [0.15, 0.2) is 5.76 Å². The minimum absolute atomic E-state index is 0.147. The quantitative estimate of drug-likeness (QED) is 0.687. The number of aliphatic carboxylic acids is 1. The Bertz CT molecular complexity index is 1020. The summed E-state index contributed by atoms with van der Waals surface area (Å²) in [6.07, 6.45) is -1.11. The van der Waals surface area contributed by atoms with Gasteiger partial charge in [-0.25, -0.2) is 0 Å². The van der Waals surface area contributed by atoms with Crippen LogP contribution >= 0.6 is 11.6 Å². The molecule has 134 valence electrons. The molecule has 3 aromatic rings. The van der Waals surface area contributed by atoms with Gasteiger partial charge >= 0.3 is 0 Å². The van der Waals surface area contributed by atoms with Crippen LogP contribution < -0.4 is 15.3 Å². The molecule has 1 heterocycles. The number of ether oxygens (including phenoxy) is 1. The van der Waals surface area contributed by atoms with Gasteiger partial charge in [-0.3, -0.25) is 4.79 Å². The van der Waals surface area contributed by atoms with Crippen LogP contribution in [0.1, 0.15) is 18.9 Å². The van der Waals surface area contributed by atoms with Gasteiger partial charge in [0.1, 0.15) is 11.7 Å². The predicted octanol–water partition coefficient (Wildman–Crippen LogP) is 3.33. The molecule has 0 fully saturated rings. The number of benzene rings is 2. The average Bonchev–Trinajstić information content (AvgIpc) is 2.61. The summed E-state index contributed by atoms with van der Waals surface area (Å²) in [5.74, 6) is -1.39. The van der Waals surface area contributed by atoms with Gasteiger partial charge < -0.3 is 19.1 Å². The van der Waals surface area contributed by atoms with E-state index in [0.29, 0.717) is 21.6 Å². The van der Waals surface area contributed by atoms with Crippen LogP contribution in [0.2, 0.25) is 5.02 Å². The summed E-state index contributed by atoms with van der Waals surface area (Å²) in [6.45, 7) is 3.52. The average molecular weight is 372 g/mol. The normalized spacial score (nSPS) is 12.1. The van der Waals surface area contributed by atoms with Crippen molar-refractivity contribution in [3.05, 3.63) is 63.3 Å². The number of carbonyl (C=O) groups excluding carboxylic acids is 1. The van der Waals surface area contributed by atoms with Crippen LogP contribution in [0.15, 0.2) is 51.7 Å². The zero-order valence-corrected chi connectivity index (χ0v) is 15.0. The number of fused-ring (bicyclic) bond motifs is 1. The Labute approximate surface area is 154 Å². The van der Waals surface area contributed by atoms with Gasteiger partial charge in [-0.1, -0.05) is 24.6 Å². The third-order valence-corrected chi connectivity index (χ3v) is 4.26. The molecule has 0 saturated heterocycles. The number of hydrogen-bond donors (Lipinski definition) is 0. The first kappa shape index (κ1) is 18.0. The second kappa shape index (κ2) is 7.22. The fourth-order valence-corrected chi connectivity index (χ4v) is 2.75. The number of carboxylic acids is 1. The van der Waals surface area contributed by atoms with E-state index in [4.69, 9.17) is 20.8 Å². The Morgan fingerprint density at radius 3 is 2.54 bits per heavy atom. The summed E-state index contributed by atoms with van der Waals surface area (Å²) < 4.78 is 11.4. The van der Waals surface area contributed by atoms with Gasteiger partial charge in [0.05, 0.1) is 11.4 Å². The zero-order chi connectivity index (χ0) is 18.8. The van der Waals surface area contributed by atoms with Crippen molar-refractivity contribution in [2.45, 2.75) is 26.4 Å². The van der Waals surface area contributed by atoms with Crippen LogP contribution in [0.4, 0.5) is 0 Å². The van der Waals surface area contributed by atoms with Crippen molar-refractivity contribution < 1.29 is 19.1 Å². The first-order chi connectivity index (χ1) is 12.4. The maximum Gasteiger partial charge on any atom is 0.235 e. The molecular formula is C20H16ClO5-. The molecule has 2 aromatic carbocycles. The third kappa shape index (κ3) is 3.44. The van der Waals surface area contributed by atoms with Crippen molar-refractivity contribution in [3.63, 3.8) is 0 Å². The van der Waals surface area contributed by atoms with E-state index in [1.165, 1.54) is 0 Å². The lowest BCUT2D eigenvalue weighted by Crippen LogP contribution is -2.40.